The fourth-order valence-electron chi connectivity index (χ4n) is 1.14. The molecule has 0 heterocycles. The van der Waals surface area contributed by atoms with Gasteiger partial charge in [0.15, 0.2) is 0 Å². The summed E-state index contributed by atoms with van der Waals surface area (Å²) in [4.78, 5) is 10.1. The van der Waals surface area contributed by atoms with Crippen LogP contribution < -0.4 is 0 Å². The van der Waals surface area contributed by atoms with Crippen LogP contribution in [0.1, 0.15) is 30.9 Å². The Kier molecular flexibility index (Phi) is 5.27. The topological polar surface area (TPSA) is 18.5 Å². The van der Waals surface area contributed by atoms with Gasteiger partial charge in [0.05, 0.1) is 6.61 Å². The van der Waals surface area contributed by atoms with E-state index in [0.29, 0.717) is 13.2 Å². The molecular formula is C12H18O2. The van der Waals surface area contributed by atoms with Crippen molar-refractivity contribution in [3.05, 3.63) is 35.4 Å². The highest BCUT2D eigenvalue weighted by molar-refractivity contribution is 5.24. The van der Waals surface area contributed by atoms with Gasteiger partial charge in [-0.3, -0.25) is 0 Å². The van der Waals surface area contributed by atoms with E-state index in [1.807, 2.05) is 12.1 Å². The van der Waals surface area contributed by atoms with Crippen molar-refractivity contribution in [2.45, 2.75) is 33.3 Å². The Morgan fingerprint density at radius 2 is 1.93 bits per heavy atom. The Morgan fingerprint density at radius 3 is 2.64 bits per heavy atom. The van der Waals surface area contributed by atoms with Crippen LogP contribution in [0.5, 0.6) is 0 Å². The standard InChI is InChI=1S/C12H18O2/c1-3-4-9-13-14-10-12-8-6-5-7-11(12)2/h5-8H,3-4,9-10H2,1-2H3. The number of unbranched alkanes of at least 4 members (excludes halogenated alkanes) is 1. The molecule has 0 saturated carbocycles. The van der Waals surface area contributed by atoms with Gasteiger partial charge < -0.3 is 0 Å². The maximum Gasteiger partial charge on any atom is 0.108 e. The van der Waals surface area contributed by atoms with E-state index in [0.717, 1.165) is 12.8 Å². The van der Waals surface area contributed by atoms with E-state index in [-0.39, 0.29) is 0 Å². The average Bonchev–Trinajstić information content (AvgIpc) is 2.20. The summed E-state index contributed by atoms with van der Waals surface area (Å²) in [6.07, 6.45) is 2.18. The first kappa shape index (κ1) is 11.2. The molecule has 0 spiro atoms. The van der Waals surface area contributed by atoms with Crippen molar-refractivity contribution in [1.82, 2.24) is 0 Å². The molecule has 0 bridgehead atoms. The van der Waals surface area contributed by atoms with Gasteiger partial charge in [-0.2, -0.15) is 0 Å². The molecule has 0 saturated heterocycles. The van der Waals surface area contributed by atoms with Crippen molar-refractivity contribution in [2.24, 2.45) is 0 Å². The summed E-state index contributed by atoms with van der Waals surface area (Å²) in [5.41, 5.74) is 2.43. The van der Waals surface area contributed by atoms with E-state index in [2.05, 4.69) is 26.0 Å². The fraction of sp³-hybridized carbons (Fsp3) is 0.500. The van der Waals surface area contributed by atoms with Crippen LogP contribution in [0.3, 0.4) is 0 Å². The Labute approximate surface area is 85.8 Å². The lowest BCUT2D eigenvalue weighted by Crippen LogP contribution is -1.98. The lowest BCUT2D eigenvalue weighted by Gasteiger charge is -2.05. The molecule has 0 N–H and O–H groups in total. The van der Waals surface area contributed by atoms with Gasteiger partial charge >= 0.3 is 0 Å². The second-order valence-corrected chi connectivity index (χ2v) is 3.36. The van der Waals surface area contributed by atoms with Crippen molar-refractivity contribution >= 4 is 0 Å². The van der Waals surface area contributed by atoms with Crippen LogP contribution in [0.2, 0.25) is 0 Å². The summed E-state index contributed by atoms with van der Waals surface area (Å²) in [6.45, 7) is 5.42. The zero-order chi connectivity index (χ0) is 10.2. The Morgan fingerprint density at radius 1 is 1.14 bits per heavy atom. The van der Waals surface area contributed by atoms with Crippen LogP contribution in [0, 0.1) is 6.92 Å². The van der Waals surface area contributed by atoms with Crippen LogP contribution in [0.15, 0.2) is 24.3 Å². The van der Waals surface area contributed by atoms with Gasteiger partial charge in [-0.15, -0.1) is 0 Å². The van der Waals surface area contributed by atoms with Crippen molar-refractivity contribution in [2.75, 3.05) is 6.61 Å². The van der Waals surface area contributed by atoms with Gasteiger partial charge in [-0.1, -0.05) is 37.6 Å². The highest BCUT2D eigenvalue weighted by Crippen LogP contribution is 2.08. The molecule has 0 aliphatic heterocycles. The van der Waals surface area contributed by atoms with Crippen LogP contribution in [0.25, 0.3) is 0 Å². The summed E-state index contributed by atoms with van der Waals surface area (Å²) in [5, 5.41) is 0. The normalized spacial score (nSPS) is 10.4. The molecule has 78 valence electrons. The Hall–Kier alpha value is -0.860. The summed E-state index contributed by atoms with van der Waals surface area (Å²) < 4.78 is 0. The highest BCUT2D eigenvalue weighted by atomic mass is 17.2. The zero-order valence-corrected chi connectivity index (χ0v) is 8.95. The largest absolute Gasteiger partial charge is 0.236 e. The lowest BCUT2D eigenvalue weighted by atomic mass is 10.1. The number of benzene rings is 1. The third kappa shape index (κ3) is 3.90. The Bertz CT molecular complexity index is 258. The minimum Gasteiger partial charge on any atom is -0.236 e. The predicted molar refractivity (Wildman–Crippen MR) is 56.8 cm³/mol. The summed E-state index contributed by atoms with van der Waals surface area (Å²) in [5.74, 6) is 0. The van der Waals surface area contributed by atoms with Crippen LogP contribution in [0.4, 0.5) is 0 Å². The molecule has 0 unspecified atom stereocenters. The molecule has 2 heteroatoms. The number of aryl methyl sites for hydroxylation is 1. The smallest absolute Gasteiger partial charge is 0.108 e. The van der Waals surface area contributed by atoms with Crippen molar-refractivity contribution in [1.29, 1.82) is 0 Å². The van der Waals surface area contributed by atoms with Crippen LogP contribution >= 0.6 is 0 Å². The molecule has 0 amide bonds. The molecule has 0 fully saturated rings. The molecule has 2 nitrogen and oxygen atoms in total. The number of hydrogen-bond donors (Lipinski definition) is 0. The number of rotatable bonds is 6. The molecule has 0 radical (unpaired) electrons. The zero-order valence-electron chi connectivity index (χ0n) is 8.95. The first-order valence-electron chi connectivity index (χ1n) is 5.13. The Balaban J connectivity index is 2.21. The summed E-state index contributed by atoms with van der Waals surface area (Å²) >= 11 is 0. The monoisotopic (exact) mass is 194 g/mol. The van der Waals surface area contributed by atoms with Crippen LogP contribution in [-0.4, -0.2) is 6.61 Å². The summed E-state index contributed by atoms with van der Waals surface area (Å²) in [7, 11) is 0. The molecule has 1 aromatic rings. The third-order valence-corrected chi connectivity index (χ3v) is 2.14. The molecular weight excluding hydrogens is 176 g/mol. The quantitative estimate of drug-likeness (QED) is 0.393. The van der Waals surface area contributed by atoms with E-state index in [1.165, 1.54) is 11.1 Å². The molecule has 0 atom stereocenters. The van der Waals surface area contributed by atoms with Crippen LogP contribution in [-0.2, 0) is 16.4 Å². The SMILES string of the molecule is CCCCOOCc1ccccc1C. The predicted octanol–water partition coefficient (Wildman–Crippen LogP) is 3.24. The third-order valence-electron chi connectivity index (χ3n) is 2.14. The van der Waals surface area contributed by atoms with Gasteiger partial charge in [0.25, 0.3) is 0 Å². The van der Waals surface area contributed by atoms with Crippen molar-refractivity contribution in [3.8, 4) is 0 Å². The van der Waals surface area contributed by atoms with E-state index in [4.69, 9.17) is 9.78 Å². The van der Waals surface area contributed by atoms with Gasteiger partial charge in [-0.05, 0) is 24.5 Å². The number of hydrogen-bond acceptors (Lipinski definition) is 2. The second kappa shape index (κ2) is 6.57. The lowest BCUT2D eigenvalue weighted by molar-refractivity contribution is -0.304. The van der Waals surface area contributed by atoms with Gasteiger partial charge in [-0.25, -0.2) is 9.78 Å². The van der Waals surface area contributed by atoms with E-state index in [1.54, 1.807) is 0 Å². The van der Waals surface area contributed by atoms with Crippen molar-refractivity contribution < 1.29 is 9.78 Å². The summed E-state index contributed by atoms with van der Waals surface area (Å²) in [6, 6.07) is 8.16. The molecule has 1 aromatic carbocycles. The first-order chi connectivity index (χ1) is 6.84. The van der Waals surface area contributed by atoms with Gasteiger partial charge in [0.2, 0.25) is 0 Å². The second-order valence-electron chi connectivity index (χ2n) is 3.36. The fourth-order valence-corrected chi connectivity index (χ4v) is 1.14. The molecule has 14 heavy (non-hydrogen) atoms. The molecule has 0 aromatic heterocycles. The van der Waals surface area contributed by atoms with Gasteiger partial charge in [0.1, 0.15) is 6.61 Å². The first-order valence-corrected chi connectivity index (χ1v) is 5.13. The average molecular weight is 194 g/mol. The molecule has 1 rings (SSSR count). The maximum absolute atomic E-state index is 5.10. The van der Waals surface area contributed by atoms with E-state index >= 15 is 0 Å². The minimum absolute atomic E-state index is 0.538. The minimum atomic E-state index is 0.538. The highest BCUT2D eigenvalue weighted by Gasteiger charge is 1.96. The van der Waals surface area contributed by atoms with Gasteiger partial charge in [0, 0.05) is 0 Å². The van der Waals surface area contributed by atoms with E-state index in [9.17, 15) is 0 Å². The van der Waals surface area contributed by atoms with Crippen molar-refractivity contribution in [3.63, 3.8) is 0 Å². The maximum atomic E-state index is 5.10. The molecule has 0 aliphatic rings. The van der Waals surface area contributed by atoms with E-state index < -0.39 is 0 Å². The molecule has 0 aliphatic carbocycles.